The van der Waals surface area contributed by atoms with Crippen LogP contribution in [0.25, 0.3) is 10.9 Å². The summed E-state index contributed by atoms with van der Waals surface area (Å²) in [6.07, 6.45) is 2.77. The molecule has 98 valence electrons. The number of hydrogen-bond acceptors (Lipinski definition) is 2. The van der Waals surface area contributed by atoms with Crippen LogP contribution in [-0.4, -0.2) is 16.1 Å². The maximum Gasteiger partial charge on any atom is 0.336 e. The molecule has 1 aliphatic carbocycles. The number of rotatable bonds is 1. The van der Waals surface area contributed by atoms with Crippen LogP contribution in [0.5, 0.6) is 0 Å². The number of carboxylic acid groups (broad SMARTS) is 1. The Morgan fingerprint density at radius 2 is 2.26 bits per heavy atom. The number of aromatic carboxylic acids is 1. The minimum atomic E-state index is -0.851. The number of carboxylic acids is 1. The van der Waals surface area contributed by atoms with Crippen LogP contribution in [0.15, 0.2) is 22.7 Å². The SMILES string of the molecule is CC1CCc2nc3ccc(Br)cc3c(C(=O)O)c2C1. The molecule has 2 aromatic rings. The van der Waals surface area contributed by atoms with Gasteiger partial charge >= 0.3 is 5.97 Å². The molecule has 0 spiro atoms. The molecule has 0 bridgehead atoms. The average molecular weight is 320 g/mol. The van der Waals surface area contributed by atoms with Gasteiger partial charge < -0.3 is 5.11 Å². The van der Waals surface area contributed by atoms with E-state index in [-0.39, 0.29) is 0 Å². The first-order chi connectivity index (χ1) is 9.06. The van der Waals surface area contributed by atoms with E-state index in [4.69, 9.17) is 0 Å². The van der Waals surface area contributed by atoms with Crippen LogP contribution < -0.4 is 0 Å². The predicted molar refractivity (Wildman–Crippen MR) is 77.6 cm³/mol. The van der Waals surface area contributed by atoms with Crippen LogP contribution in [0.3, 0.4) is 0 Å². The van der Waals surface area contributed by atoms with Gasteiger partial charge in [0.15, 0.2) is 0 Å². The van der Waals surface area contributed by atoms with Gasteiger partial charge in [-0.25, -0.2) is 4.79 Å². The number of carbonyl (C=O) groups is 1. The zero-order valence-electron chi connectivity index (χ0n) is 10.6. The summed E-state index contributed by atoms with van der Waals surface area (Å²) in [6.45, 7) is 2.17. The van der Waals surface area contributed by atoms with Crippen molar-refractivity contribution in [2.75, 3.05) is 0 Å². The second kappa shape index (κ2) is 4.60. The lowest BCUT2D eigenvalue weighted by atomic mass is 9.84. The molecule has 0 radical (unpaired) electrons. The van der Waals surface area contributed by atoms with Gasteiger partial charge in [0.25, 0.3) is 0 Å². The summed E-state index contributed by atoms with van der Waals surface area (Å²) >= 11 is 3.40. The van der Waals surface area contributed by atoms with E-state index in [1.165, 1.54) is 0 Å². The van der Waals surface area contributed by atoms with Crippen LogP contribution in [0, 0.1) is 5.92 Å². The van der Waals surface area contributed by atoms with Gasteiger partial charge in [0.05, 0.1) is 11.1 Å². The van der Waals surface area contributed by atoms with E-state index >= 15 is 0 Å². The minimum absolute atomic E-state index is 0.438. The first-order valence-electron chi connectivity index (χ1n) is 6.40. The highest BCUT2D eigenvalue weighted by Gasteiger charge is 2.25. The van der Waals surface area contributed by atoms with Crippen LogP contribution in [0.4, 0.5) is 0 Å². The molecule has 0 saturated heterocycles. The lowest BCUT2D eigenvalue weighted by Crippen LogP contribution is -2.18. The summed E-state index contributed by atoms with van der Waals surface area (Å²) < 4.78 is 0.883. The number of pyridine rings is 1. The third kappa shape index (κ3) is 2.14. The van der Waals surface area contributed by atoms with E-state index in [1.807, 2.05) is 18.2 Å². The van der Waals surface area contributed by atoms with Crippen molar-refractivity contribution >= 4 is 32.8 Å². The summed E-state index contributed by atoms with van der Waals surface area (Å²) in [4.78, 5) is 16.3. The molecule has 0 fully saturated rings. The van der Waals surface area contributed by atoms with Crippen molar-refractivity contribution in [3.63, 3.8) is 0 Å². The van der Waals surface area contributed by atoms with E-state index in [2.05, 4.69) is 27.8 Å². The summed E-state index contributed by atoms with van der Waals surface area (Å²) in [6, 6.07) is 5.63. The lowest BCUT2D eigenvalue weighted by molar-refractivity contribution is 0.0697. The topological polar surface area (TPSA) is 50.2 Å². The quantitative estimate of drug-likeness (QED) is 0.869. The van der Waals surface area contributed by atoms with Gasteiger partial charge in [0.1, 0.15) is 0 Å². The molecule has 1 aromatic heterocycles. The molecule has 3 rings (SSSR count). The Bertz CT molecular complexity index is 681. The number of nitrogens with zero attached hydrogens (tertiary/aromatic N) is 1. The highest BCUT2D eigenvalue weighted by molar-refractivity contribution is 9.10. The van der Waals surface area contributed by atoms with Crippen molar-refractivity contribution < 1.29 is 9.90 Å². The fraction of sp³-hybridized carbons (Fsp3) is 0.333. The molecule has 3 nitrogen and oxygen atoms in total. The Kier molecular flexibility index (Phi) is 3.05. The molecule has 0 aliphatic heterocycles. The van der Waals surface area contributed by atoms with Crippen molar-refractivity contribution in [1.29, 1.82) is 0 Å². The Balaban J connectivity index is 2.37. The second-order valence-corrected chi connectivity index (χ2v) is 6.14. The summed E-state index contributed by atoms with van der Waals surface area (Å²) in [7, 11) is 0. The molecule has 1 unspecified atom stereocenters. The summed E-state index contributed by atoms with van der Waals surface area (Å²) in [5, 5.41) is 10.3. The normalized spacial score (nSPS) is 18.3. The van der Waals surface area contributed by atoms with Gasteiger partial charge in [-0.15, -0.1) is 0 Å². The smallest absolute Gasteiger partial charge is 0.336 e. The number of fused-ring (bicyclic) bond motifs is 2. The Morgan fingerprint density at radius 1 is 1.47 bits per heavy atom. The molecule has 1 heterocycles. The highest BCUT2D eigenvalue weighted by atomic mass is 79.9. The van der Waals surface area contributed by atoms with E-state index in [0.717, 1.165) is 45.9 Å². The molecular weight excluding hydrogens is 306 g/mol. The Morgan fingerprint density at radius 3 is 3.00 bits per heavy atom. The predicted octanol–water partition coefficient (Wildman–Crippen LogP) is 3.82. The number of aryl methyl sites for hydroxylation is 1. The molecule has 1 aliphatic rings. The van der Waals surface area contributed by atoms with E-state index in [0.29, 0.717) is 11.5 Å². The largest absolute Gasteiger partial charge is 0.478 e. The van der Waals surface area contributed by atoms with Gasteiger partial charge in [0.2, 0.25) is 0 Å². The van der Waals surface area contributed by atoms with Crippen molar-refractivity contribution in [2.24, 2.45) is 5.92 Å². The third-order valence-electron chi connectivity index (χ3n) is 3.77. The molecule has 0 saturated carbocycles. The first kappa shape index (κ1) is 12.6. The summed E-state index contributed by atoms with van der Waals surface area (Å²) in [5.74, 6) is -0.326. The van der Waals surface area contributed by atoms with Gasteiger partial charge in [-0.3, -0.25) is 4.98 Å². The van der Waals surface area contributed by atoms with E-state index in [9.17, 15) is 9.90 Å². The first-order valence-corrected chi connectivity index (χ1v) is 7.20. The lowest BCUT2D eigenvalue weighted by Gasteiger charge is -2.23. The van der Waals surface area contributed by atoms with Crippen molar-refractivity contribution in [2.45, 2.75) is 26.2 Å². The zero-order valence-corrected chi connectivity index (χ0v) is 12.2. The molecule has 19 heavy (non-hydrogen) atoms. The van der Waals surface area contributed by atoms with Crippen molar-refractivity contribution in [1.82, 2.24) is 4.98 Å². The minimum Gasteiger partial charge on any atom is -0.478 e. The molecule has 4 heteroatoms. The van der Waals surface area contributed by atoms with Crippen LogP contribution >= 0.6 is 15.9 Å². The maximum atomic E-state index is 11.7. The number of hydrogen-bond donors (Lipinski definition) is 1. The van der Waals surface area contributed by atoms with Gasteiger partial charge in [-0.05, 0) is 48.9 Å². The molecular formula is C15H14BrNO2. The maximum absolute atomic E-state index is 11.7. The third-order valence-corrected chi connectivity index (χ3v) is 4.27. The number of aromatic nitrogens is 1. The second-order valence-electron chi connectivity index (χ2n) is 5.23. The van der Waals surface area contributed by atoms with Crippen LogP contribution in [0.1, 0.15) is 35.0 Å². The molecule has 1 N–H and O–H groups in total. The van der Waals surface area contributed by atoms with Crippen molar-refractivity contribution in [3.8, 4) is 0 Å². The van der Waals surface area contributed by atoms with Crippen LogP contribution in [-0.2, 0) is 12.8 Å². The Hall–Kier alpha value is -1.42. The monoisotopic (exact) mass is 319 g/mol. The molecule has 1 atom stereocenters. The number of halogens is 1. The van der Waals surface area contributed by atoms with Gasteiger partial charge in [-0.2, -0.15) is 0 Å². The molecule has 1 aromatic carbocycles. The summed E-state index contributed by atoms with van der Waals surface area (Å²) in [5.41, 5.74) is 3.10. The van der Waals surface area contributed by atoms with Crippen molar-refractivity contribution in [3.05, 3.63) is 39.5 Å². The fourth-order valence-corrected chi connectivity index (χ4v) is 3.19. The van der Waals surface area contributed by atoms with Gasteiger partial charge in [-0.1, -0.05) is 22.9 Å². The van der Waals surface area contributed by atoms with E-state index < -0.39 is 5.97 Å². The van der Waals surface area contributed by atoms with Gasteiger partial charge in [0, 0.05) is 15.6 Å². The zero-order chi connectivity index (χ0) is 13.6. The van der Waals surface area contributed by atoms with E-state index in [1.54, 1.807) is 0 Å². The Labute approximate surface area is 119 Å². The van der Waals surface area contributed by atoms with Crippen LogP contribution in [0.2, 0.25) is 0 Å². The fourth-order valence-electron chi connectivity index (χ4n) is 2.83. The molecule has 0 amide bonds. The highest BCUT2D eigenvalue weighted by Crippen LogP contribution is 2.32. The number of benzene rings is 1. The average Bonchev–Trinajstić information content (AvgIpc) is 2.35. The standard InChI is InChI=1S/C15H14BrNO2/c1-8-2-4-12-10(6-8)14(15(18)19)11-7-9(16)3-5-13(11)17-12/h3,5,7-8H,2,4,6H2,1H3,(H,18,19).